The fourth-order valence-electron chi connectivity index (χ4n) is 3.33. The summed E-state index contributed by atoms with van der Waals surface area (Å²) >= 11 is 0. The second-order valence-corrected chi connectivity index (χ2v) is 7.27. The molecule has 2 aromatic rings. The maximum Gasteiger partial charge on any atom is 0.253 e. The van der Waals surface area contributed by atoms with Crippen LogP contribution in [0, 0.1) is 25.2 Å². The molecule has 2 heterocycles. The molecule has 0 radical (unpaired) electrons. The highest BCUT2D eigenvalue weighted by Gasteiger charge is 2.18. The Kier molecular flexibility index (Phi) is 7.82. The number of nitriles is 1. The van der Waals surface area contributed by atoms with Crippen LogP contribution in [0.15, 0.2) is 28.8 Å². The zero-order chi connectivity index (χ0) is 21.3. The van der Waals surface area contributed by atoms with Crippen LogP contribution < -0.4 is 4.74 Å². The van der Waals surface area contributed by atoms with Crippen molar-refractivity contribution in [3.63, 3.8) is 0 Å². The Bertz CT molecular complexity index is 847. The number of carbonyl (C=O) groups excluding carboxylic acids is 1. The number of aryl methyl sites for hydroxylation is 2. The van der Waals surface area contributed by atoms with Crippen molar-refractivity contribution in [1.82, 2.24) is 15.0 Å². The third-order valence-corrected chi connectivity index (χ3v) is 5.24. The van der Waals surface area contributed by atoms with E-state index < -0.39 is 0 Å². The van der Waals surface area contributed by atoms with Gasteiger partial charge in [0.1, 0.15) is 18.1 Å². The van der Waals surface area contributed by atoms with Gasteiger partial charge in [0.05, 0.1) is 37.0 Å². The van der Waals surface area contributed by atoms with Crippen molar-refractivity contribution in [1.29, 1.82) is 5.26 Å². The summed E-state index contributed by atoms with van der Waals surface area (Å²) in [5, 5.41) is 12.9. The lowest BCUT2D eigenvalue weighted by atomic mass is 10.1. The summed E-state index contributed by atoms with van der Waals surface area (Å²) in [5.41, 5.74) is 2.33. The predicted octanol–water partition coefficient (Wildman–Crippen LogP) is 2.56. The van der Waals surface area contributed by atoms with E-state index in [1.54, 1.807) is 29.2 Å². The van der Waals surface area contributed by atoms with Gasteiger partial charge in [-0.05, 0) is 38.1 Å². The van der Waals surface area contributed by atoms with E-state index in [-0.39, 0.29) is 5.91 Å². The Morgan fingerprint density at radius 1 is 1.23 bits per heavy atom. The maximum absolute atomic E-state index is 13.0. The van der Waals surface area contributed by atoms with Crippen molar-refractivity contribution in [2.45, 2.75) is 26.9 Å². The number of ether oxygens (including phenoxy) is 2. The first-order chi connectivity index (χ1) is 14.6. The molecule has 160 valence electrons. The molecule has 8 nitrogen and oxygen atoms in total. The summed E-state index contributed by atoms with van der Waals surface area (Å²) in [5.74, 6) is 1.34. The molecule has 8 heteroatoms. The quantitative estimate of drug-likeness (QED) is 0.625. The molecule has 3 rings (SSSR count). The Balaban J connectivity index is 1.58. The normalized spacial score (nSPS) is 14.3. The van der Waals surface area contributed by atoms with Gasteiger partial charge in [0, 0.05) is 38.3 Å². The third kappa shape index (κ3) is 5.81. The molecule has 1 amide bonds. The Morgan fingerprint density at radius 2 is 1.97 bits per heavy atom. The van der Waals surface area contributed by atoms with Gasteiger partial charge in [0.2, 0.25) is 0 Å². The fourth-order valence-corrected chi connectivity index (χ4v) is 3.33. The largest absolute Gasteiger partial charge is 0.489 e. The zero-order valence-corrected chi connectivity index (χ0v) is 17.6. The first-order valence-corrected chi connectivity index (χ1v) is 10.2. The van der Waals surface area contributed by atoms with Crippen LogP contribution in [0.3, 0.4) is 0 Å². The van der Waals surface area contributed by atoms with Crippen LogP contribution in [0.1, 0.15) is 33.8 Å². The Labute approximate surface area is 176 Å². The predicted molar refractivity (Wildman–Crippen MR) is 110 cm³/mol. The standard InChI is InChI=1S/C22H28N4O4/c1-17-21(18(2)30-24-17)16-29-20-6-4-19(5-7-20)22(27)26(9-3-8-23)11-10-25-12-14-28-15-13-25/h4-7H,3,9-16H2,1-2H3. The molecule has 1 aliphatic heterocycles. The molecule has 0 spiro atoms. The van der Waals surface area contributed by atoms with Gasteiger partial charge in [-0.1, -0.05) is 5.16 Å². The lowest BCUT2D eigenvalue weighted by Gasteiger charge is -2.30. The molecule has 1 fully saturated rings. The number of nitrogens with zero attached hydrogens (tertiary/aromatic N) is 4. The van der Waals surface area contributed by atoms with Gasteiger partial charge in [-0.2, -0.15) is 5.26 Å². The van der Waals surface area contributed by atoms with E-state index in [0.29, 0.717) is 37.4 Å². The van der Waals surface area contributed by atoms with Crippen LogP contribution in [-0.4, -0.2) is 66.8 Å². The zero-order valence-electron chi connectivity index (χ0n) is 17.6. The molecule has 0 unspecified atom stereocenters. The SMILES string of the molecule is Cc1noc(C)c1COc1ccc(C(=O)N(CCC#N)CCN2CCOCC2)cc1. The molecular formula is C22H28N4O4. The molecule has 0 bridgehead atoms. The first-order valence-electron chi connectivity index (χ1n) is 10.2. The minimum absolute atomic E-state index is 0.0733. The molecular weight excluding hydrogens is 384 g/mol. The Morgan fingerprint density at radius 3 is 2.60 bits per heavy atom. The van der Waals surface area contributed by atoms with Gasteiger partial charge >= 0.3 is 0 Å². The van der Waals surface area contributed by atoms with Gasteiger partial charge in [-0.25, -0.2) is 0 Å². The highest BCUT2D eigenvalue weighted by molar-refractivity contribution is 5.94. The summed E-state index contributed by atoms with van der Waals surface area (Å²) in [6, 6.07) is 9.23. The van der Waals surface area contributed by atoms with Crippen LogP contribution in [-0.2, 0) is 11.3 Å². The molecule has 1 saturated heterocycles. The average molecular weight is 412 g/mol. The smallest absolute Gasteiger partial charge is 0.253 e. The lowest BCUT2D eigenvalue weighted by molar-refractivity contribution is 0.0326. The van der Waals surface area contributed by atoms with E-state index >= 15 is 0 Å². The van der Waals surface area contributed by atoms with Crippen molar-refractivity contribution < 1.29 is 18.8 Å². The number of rotatable bonds is 9. The van der Waals surface area contributed by atoms with Gasteiger partial charge in [0.25, 0.3) is 5.91 Å². The molecule has 0 atom stereocenters. The van der Waals surface area contributed by atoms with E-state index in [0.717, 1.165) is 49.9 Å². The highest BCUT2D eigenvalue weighted by atomic mass is 16.5. The van der Waals surface area contributed by atoms with E-state index in [2.05, 4.69) is 16.1 Å². The molecule has 1 aliphatic rings. The first kappa shape index (κ1) is 21.8. The number of morpholine rings is 1. The van der Waals surface area contributed by atoms with Gasteiger partial charge in [-0.3, -0.25) is 9.69 Å². The van der Waals surface area contributed by atoms with Gasteiger partial charge < -0.3 is 18.9 Å². The molecule has 1 aromatic carbocycles. The molecule has 30 heavy (non-hydrogen) atoms. The van der Waals surface area contributed by atoms with Crippen molar-refractivity contribution in [2.75, 3.05) is 45.9 Å². The van der Waals surface area contributed by atoms with Gasteiger partial charge in [-0.15, -0.1) is 0 Å². The van der Waals surface area contributed by atoms with E-state index in [4.69, 9.17) is 19.3 Å². The minimum atomic E-state index is -0.0733. The number of carbonyl (C=O) groups is 1. The van der Waals surface area contributed by atoms with Crippen molar-refractivity contribution in [2.24, 2.45) is 0 Å². The van der Waals surface area contributed by atoms with Crippen LogP contribution in [0.5, 0.6) is 5.75 Å². The number of benzene rings is 1. The molecule has 0 saturated carbocycles. The summed E-state index contributed by atoms with van der Waals surface area (Å²) in [7, 11) is 0. The topological polar surface area (TPSA) is 91.8 Å². The van der Waals surface area contributed by atoms with E-state index in [1.165, 1.54) is 0 Å². The van der Waals surface area contributed by atoms with E-state index in [9.17, 15) is 4.79 Å². The summed E-state index contributed by atoms with van der Waals surface area (Å²) < 4.78 is 16.3. The lowest BCUT2D eigenvalue weighted by Crippen LogP contribution is -2.43. The average Bonchev–Trinajstić information content (AvgIpc) is 3.10. The van der Waals surface area contributed by atoms with Crippen LogP contribution >= 0.6 is 0 Å². The maximum atomic E-state index is 13.0. The number of amides is 1. The summed E-state index contributed by atoms with van der Waals surface area (Å²) in [6.07, 6.45) is 0.313. The molecule has 0 N–H and O–H groups in total. The molecule has 0 aliphatic carbocycles. The summed E-state index contributed by atoms with van der Waals surface area (Å²) in [4.78, 5) is 17.0. The van der Waals surface area contributed by atoms with E-state index in [1.807, 2.05) is 13.8 Å². The Hall–Kier alpha value is -2.89. The van der Waals surface area contributed by atoms with Gasteiger partial charge in [0.15, 0.2) is 0 Å². The van der Waals surface area contributed by atoms with Crippen LogP contribution in [0.4, 0.5) is 0 Å². The van der Waals surface area contributed by atoms with Crippen molar-refractivity contribution in [3.8, 4) is 11.8 Å². The van der Waals surface area contributed by atoms with Crippen LogP contribution in [0.25, 0.3) is 0 Å². The number of hydrogen-bond acceptors (Lipinski definition) is 7. The third-order valence-electron chi connectivity index (χ3n) is 5.24. The minimum Gasteiger partial charge on any atom is -0.489 e. The van der Waals surface area contributed by atoms with Crippen molar-refractivity contribution >= 4 is 5.91 Å². The second-order valence-electron chi connectivity index (χ2n) is 7.27. The van der Waals surface area contributed by atoms with Crippen molar-refractivity contribution in [3.05, 3.63) is 46.8 Å². The summed E-state index contributed by atoms with van der Waals surface area (Å²) in [6.45, 7) is 9.07. The van der Waals surface area contributed by atoms with Crippen LogP contribution in [0.2, 0.25) is 0 Å². The highest BCUT2D eigenvalue weighted by Crippen LogP contribution is 2.18. The molecule has 1 aromatic heterocycles. The monoisotopic (exact) mass is 412 g/mol. The number of aromatic nitrogens is 1. The number of hydrogen-bond donors (Lipinski definition) is 0. The fraction of sp³-hybridized carbons (Fsp3) is 0.500. The second kappa shape index (κ2) is 10.8.